The van der Waals surface area contributed by atoms with Crippen molar-refractivity contribution in [2.75, 3.05) is 18.4 Å². The number of rotatable bonds is 5. The van der Waals surface area contributed by atoms with Crippen LogP contribution in [0.1, 0.15) is 44.2 Å². The number of fused-ring (bicyclic) bond motifs is 1. The number of hydrogen-bond acceptors (Lipinski definition) is 3. The fraction of sp³-hybridized carbons (Fsp3) is 0.550. The molecule has 0 radical (unpaired) electrons. The van der Waals surface area contributed by atoms with Gasteiger partial charge in [0.25, 0.3) is 0 Å². The van der Waals surface area contributed by atoms with Crippen LogP contribution in [0.5, 0.6) is 0 Å². The molecule has 1 aromatic rings. The standard InChI is InChI=1S/C20H28N2O2/c1-20(2,24)14-22-11-10-17-16(13-22)8-5-9-18(17)21-19(23)12-15-6-3-4-7-15/h3,5-6,8-9,15,24H,4,7,10-14H2,1-2H3,(H,21,23). The smallest absolute Gasteiger partial charge is 0.224 e. The van der Waals surface area contributed by atoms with Crippen molar-refractivity contribution in [3.05, 3.63) is 41.5 Å². The minimum absolute atomic E-state index is 0.110. The summed E-state index contributed by atoms with van der Waals surface area (Å²) in [5.74, 6) is 0.505. The molecule has 0 saturated heterocycles. The number of nitrogens with one attached hydrogen (secondary N) is 1. The summed E-state index contributed by atoms with van der Waals surface area (Å²) < 4.78 is 0. The van der Waals surface area contributed by atoms with Crippen molar-refractivity contribution in [3.8, 4) is 0 Å². The van der Waals surface area contributed by atoms with Crippen LogP contribution in [-0.4, -0.2) is 34.6 Å². The number of aliphatic hydroxyl groups is 1. The van der Waals surface area contributed by atoms with Crippen LogP contribution in [0.2, 0.25) is 0 Å². The third-order valence-electron chi connectivity index (χ3n) is 4.79. The highest BCUT2D eigenvalue weighted by molar-refractivity contribution is 5.92. The van der Waals surface area contributed by atoms with Crippen molar-refractivity contribution in [3.63, 3.8) is 0 Å². The molecule has 1 aliphatic carbocycles. The molecular formula is C20H28N2O2. The molecule has 2 N–H and O–H groups in total. The second-order valence-electron chi connectivity index (χ2n) is 7.73. The van der Waals surface area contributed by atoms with E-state index in [1.165, 1.54) is 11.1 Å². The Bertz CT molecular complexity index is 631. The first-order chi connectivity index (χ1) is 11.4. The van der Waals surface area contributed by atoms with Crippen LogP contribution in [0.25, 0.3) is 0 Å². The Morgan fingerprint density at radius 2 is 2.25 bits per heavy atom. The molecule has 0 bridgehead atoms. The van der Waals surface area contributed by atoms with Gasteiger partial charge >= 0.3 is 0 Å². The Morgan fingerprint density at radius 1 is 1.42 bits per heavy atom. The van der Waals surface area contributed by atoms with Gasteiger partial charge in [-0.2, -0.15) is 0 Å². The summed E-state index contributed by atoms with van der Waals surface area (Å²) in [5, 5.41) is 13.1. The third kappa shape index (κ3) is 4.46. The highest BCUT2D eigenvalue weighted by Crippen LogP contribution is 2.28. The Hall–Kier alpha value is -1.65. The third-order valence-corrected chi connectivity index (χ3v) is 4.79. The highest BCUT2D eigenvalue weighted by Gasteiger charge is 2.24. The first kappa shape index (κ1) is 17.2. The van der Waals surface area contributed by atoms with Gasteiger partial charge in [0.1, 0.15) is 0 Å². The number of nitrogens with zero attached hydrogens (tertiary/aromatic N) is 1. The van der Waals surface area contributed by atoms with Crippen molar-refractivity contribution in [1.82, 2.24) is 4.90 Å². The Balaban J connectivity index is 1.65. The first-order valence-corrected chi connectivity index (χ1v) is 8.93. The number of allylic oxidation sites excluding steroid dienone is 2. The summed E-state index contributed by atoms with van der Waals surface area (Å²) in [6.45, 7) is 6.09. The molecule has 0 saturated carbocycles. The summed E-state index contributed by atoms with van der Waals surface area (Å²) in [6, 6.07) is 6.14. The lowest BCUT2D eigenvalue weighted by atomic mass is 9.96. The van der Waals surface area contributed by atoms with Gasteiger partial charge in [-0.1, -0.05) is 24.3 Å². The maximum Gasteiger partial charge on any atom is 0.224 e. The zero-order chi connectivity index (χ0) is 17.2. The molecule has 1 aromatic carbocycles. The number of β-amino-alcohol motifs (C(OH)–C–C–N with tert-alkyl or cyclic N) is 1. The van der Waals surface area contributed by atoms with E-state index >= 15 is 0 Å². The van der Waals surface area contributed by atoms with Crippen LogP contribution >= 0.6 is 0 Å². The molecule has 1 heterocycles. The molecule has 130 valence electrons. The van der Waals surface area contributed by atoms with Gasteiger partial charge in [-0.15, -0.1) is 0 Å². The highest BCUT2D eigenvalue weighted by atomic mass is 16.3. The van der Waals surface area contributed by atoms with Crippen LogP contribution in [0.3, 0.4) is 0 Å². The van der Waals surface area contributed by atoms with Crippen LogP contribution in [-0.2, 0) is 17.8 Å². The fourth-order valence-electron chi connectivity index (χ4n) is 3.77. The lowest BCUT2D eigenvalue weighted by Crippen LogP contribution is -2.41. The quantitative estimate of drug-likeness (QED) is 0.817. The SMILES string of the molecule is CC(C)(O)CN1CCc2c(cccc2NC(=O)CC2C=CCC2)C1. The van der Waals surface area contributed by atoms with Gasteiger partial charge < -0.3 is 10.4 Å². The Labute approximate surface area is 144 Å². The van der Waals surface area contributed by atoms with Gasteiger partial charge in [0.05, 0.1) is 5.60 Å². The van der Waals surface area contributed by atoms with E-state index in [9.17, 15) is 9.90 Å². The molecule has 1 amide bonds. The molecule has 4 heteroatoms. The molecule has 1 unspecified atom stereocenters. The Kier molecular flexibility index (Phi) is 5.07. The fourth-order valence-corrected chi connectivity index (χ4v) is 3.77. The largest absolute Gasteiger partial charge is 0.389 e. The van der Waals surface area contributed by atoms with E-state index in [4.69, 9.17) is 0 Å². The lowest BCUT2D eigenvalue weighted by Gasteiger charge is -2.33. The molecule has 4 nitrogen and oxygen atoms in total. The van der Waals surface area contributed by atoms with E-state index in [-0.39, 0.29) is 5.91 Å². The summed E-state index contributed by atoms with van der Waals surface area (Å²) in [4.78, 5) is 14.6. The van der Waals surface area contributed by atoms with E-state index in [1.807, 2.05) is 26.0 Å². The molecule has 1 aliphatic heterocycles. The Morgan fingerprint density at radius 3 is 2.96 bits per heavy atom. The first-order valence-electron chi connectivity index (χ1n) is 8.93. The van der Waals surface area contributed by atoms with Gasteiger partial charge in [-0.3, -0.25) is 9.69 Å². The minimum atomic E-state index is -0.682. The average Bonchev–Trinajstić information content (AvgIpc) is 2.98. The number of carbonyl (C=O) groups excluding carboxylic acids is 1. The van der Waals surface area contributed by atoms with Crippen LogP contribution < -0.4 is 5.32 Å². The molecule has 0 spiro atoms. The summed E-state index contributed by atoms with van der Waals surface area (Å²) in [7, 11) is 0. The van der Waals surface area contributed by atoms with Gasteiger partial charge in [0.2, 0.25) is 5.91 Å². The van der Waals surface area contributed by atoms with Crippen LogP contribution in [0.4, 0.5) is 5.69 Å². The predicted octanol–water partition coefficient (Wildman–Crippen LogP) is 3.11. The second kappa shape index (κ2) is 7.08. The number of amides is 1. The van der Waals surface area contributed by atoms with Crippen molar-refractivity contribution >= 4 is 11.6 Å². The van der Waals surface area contributed by atoms with Gasteiger partial charge in [0.15, 0.2) is 0 Å². The normalized spacial score (nSPS) is 20.9. The maximum atomic E-state index is 12.3. The lowest BCUT2D eigenvalue weighted by molar-refractivity contribution is -0.116. The summed E-state index contributed by atoms with van der Waals surface area (Å²) >= 11 is 0. The number of benzene rings is 1. The number of anilines is 1. The summed E-state index contributed by atoms with van der Waals surface area (Å²) in [5.41, 5.74) is 2.78. The minimum Gasteiger partial charge on any atom is -0.389 e. The molecule has 24 heavy (non-hydrogen) atoms. The van der Waals surface area contributed by atoms with Gasteiger partial charge in [-0.25, -0.2) is 0 Å². The predicted molar refractivity (Wildman–Crippen MR) is 96.8 cm³/mol. The van der Waals surface area contributed by atoms with Crippen molar-refractivity contribution in [2.24, 2.45) is 5.92 Å². The van der Waals surface area contributed by atoms with Crippen molar-refractivity contribution in [2.45, 2.75) is 51.7 Å². The molecule has 0 fully saturated rings. The average molecular weight is 328 g/mol. The maximum absolute atomic E-state index is 12.3. The molecule has 3 rings (SSSR count). The monoisotopic (exact) mass is 328 g/mol. The topological polar surface area (TPSA) is 52.6 Å². The zero-order valence-electron chi connectivity index (χ0n) is 14.7. The van der Waals surface area contributed by atoms with Gasteiger partial charge in [-0.05, 0) is 56.2 Å². The van der Waals surface area contributed by atoms with Crippen LogP contribution in [0, 0.1) is 5.92 Å². The molecule has 2 aliphatic rings. The molecule has 1 atom stereocenters. The number of carbonyl (C=O) groups is 1. The van der Waals surface area contributed by atoms with E-state index in [0.29, 0.717) is 18.9 Å². The number of hydrogen-bond donors (Lipinski definition) is 2. The second-order valence-corrected chi connectivity index (χ2v) is 7.73. The van der Waals surface area contributed by atoms with Crippen molar-refractivity contribution in [1.29, 1.82) is 0 Å². The van der Waals surface area contributed by atoms with E-state index in [2.05, 4.69) is 28.4 Å². The molecule has 0 aromatic heterocycles. The zero-order valence-corrected chi connectivity index (χ0v) is 14.7. The van der Waals surface area contributed by atoms with E-state index in [0.717, 1.165) is 38.0 Å². The van der Waals surface area contributed by atoms with Crippen LogP contribution in [0.15, 0.2) is 30.4 Å². The van der Waals surface area contributed by atoms with E-state index < -0.39 is 5.60 Å². The summed E-state index contributed by atoms with van der Waals surface area (Å²) in [6.07, 6.45) is 7.99. The molecular weight excluding hydrogens is 300 g/mol. The van der Waals surface area contributed by atoms with Crippen molar-refractivity contribution < 1.29 is 9.90 Å². The van der Waals surface area contributed by atoms with Gasteiger partial charge in [0, 0.05) is 31.7 Å². The van der Waals surface area contributed by atoms with E-state index in [1.54, 1.807) is 0 Å².